The van der Waals surface area contributed by atoms with E-state index in [-0.39, 0.29) is 18.7 Å². The van der Waals surface area contributed by atoms with Gasteiger partial charge in [0.25, 0.3) is 0 Å². The van der Waals surface area contributed by atoms with Crippen molar-refractivity contribution in [2.75, 3.05) is 25.1 Å². The van der Waals surface area contributed by atoms with E-state index in [2.05, 4.69) is 5.32 Å². The van der Waals surface area contributed by atoms with Crippen LogP contribution >= 0.6 is 0 Å². The topological polar surface area (TPSA) is 71.0 Å². The standard InChI is InChI=1S/C19H26N2O4/c22-17-16(20-15-9-5-2-6-10-15)12-25-19(17)13-24-18(23)21(19)11-14-7-3-1-4-8-14/h2,5-6,9-10,14,16-17,20,22H,1,3-4,7-8,11-13H2/t16-,17+,19+/m0/s1. The highest BCUT2D eigenvalue weighted by Crippen LogP contribution is 2.38. The van der Waals surface area contributed by atoms with Gasteiger partial charge in [0.2, 0.25) is 5.72 Å². The summed E-state index contributed by atoms with van der Waals surface area (Å²) in [4.78, 5) is 14.0. The predicted molar refractivity (Wildman–Crippen MR) is 93.2 cm³/mol. The summed E-state index contributed by atoms with van der Waals surface area (Å²) in [7, 11) is 0. The van der Waals surface area contributed by atoms with Gasteiger partial charge >= 0.3 is 6.09 Å². The number of cyclic esters (lactones) is 1. The van der Waals surface area contributed by atoms with E-state index in [0.717, 1.165) is 18.5 Å². The summed E-state index contributed by atoms with van der Waals surface area (Å²) in [5.74, 6) is 0.466. The van der Waals surface area contributed by atoms with Crippen molar-refractivity contribution in [2.45, 2.75) is 50.0 Å². The number of nitrogens with zero attached hydrogens (tertiary/aromatic N) is 1. The van der Waals surface area contributed by atoms with Gasteiger partial charge in [0.1, 0.15) is 12.7 Å². The van der Waals surface area contributed by atoms with Crippen LogP contribution in [0.1, 0.15) is 32.1 Å². The number of rotatable bonds is 4. The maximum Gasteiger partial charge on any atom is 0.412 e. The molecule has 3 aliphatic rings. The van der Waals surface area contributed by atoms with E-state index in [0.29, 0.717) is 19.1 Å². The molecule has 4 rings (SSSR count). The number of amides is 1. The smallest absolute Gasteiger partial charge is 0.412 e. The number of para-hydroxylation sites is 1. The number of hydrogen-bond donors (Lipinski definition) is 2. The first-order valence-electron chi connectivity index (χ1n) is 9.27. The first-order valence-corrected chi connectivity index (χ1v) is 9.27. The van der Waals surface area contributed by atoms with E-state index >= 15 is 0 Å². The number of aliphatic hydroxyl groups is 1. The van der Waals surface area contributed by atoms with Gasteiger partial charge in [-0.15, -0.1) is 0 Å². The maximum absolute atomic E-state index is 12.3. The fourth-order valence-electron chi connectivity index (χ4n) is 4.29. The molecule has 2 heterocycles. The quantitative estimate of drug-likeness (QED) is 0.877. The normalized spacial score (nSPS) is 33.0. The molecule has 6 heteroatoms. The number of benzene rings is 1. The summed E-state index contributed by atoms with van der Waals surface area (Å²) in [5, 5.41) is 14.3. The zero-order valence-corrected chi connectivity index (χ0v) is 14.4. The molecule has 25 heavy (non-hydrogen) atoms. The Morgan fingerprint density at radius 2 is 1.96 bits per heavy atom. The zero-order valence-electron chi connectivity index (χ0n) is 14.4. The second-order valence-corrected chi connectivity index (χ2v) is 7.39. The van der Waals surface area contributed by atoms with E-state index in [1.165, 1.54) is 19.3 Å². The number of aliphatic hydroxyl groups excluding tert-OH is 1. The third-order valence-corrected chi connectivity index (χ3v) is 5.73. The van der Waals surface area contributed by atoms with Gasteiger partial charge in [-0.1, -0.05) is 37.5 Å². The molecule has 0 bridgehead atoms. The van der Waals surface area contributed by atoms with E-state index in [1.807, 2.05) is 30.3 Å². The van der Waals surface area contributed by atoms with Crippen LogP contribution in [0, 0.1) is 5.92 Å². The fourth-order valence-corrected chi connectivity index (χ4v) is 4.29. The van der Waals surface area contributed by atoms with Crippen LogP contribution < -0.4 is 5.32 Å². The lowest BCUT2D eigenvalue weighted by Gasteiger charge is -2.37. The van der Waals surface area contributed by atoms with Crippen LogP contribution in [-0.2, 0) is 9.47 Å². The van der Waals surface area contributed by atoms with E-state index in [9.17, 15) is 9.90 Å². The van der Waals surface area contributed by atoms with Crippen LogP contribution in [0.4, 0.5) is 10.5 Å². The number of ether oxygens (including phenoxy) is 2. The molecule has 136 valence electrons. The second-order valence-electron chi connectivity index (χ2n) is 7.39. The van der Waals surface area contributed by atoms with Gasteiger partial charge in [0.05, 0.1) is 12.6 Å². The largest absolute Gasteiger partial charge is 0.444 e. The van der Waals surface area contributed by atoms with Gasteiger partial charge < -0.3 is 19.9 Å². The first kappa shape index (κ1) is 16.7. The van der Waals surface area contributed by atoms with Crippen molar-refractivity contribution in [2.24, 2.45) is 5.92 Å². The molecule has 0 unspecified atom stereocenters. The predicted octanol–water partition coefficient (Wildman–Crippen LogP) is 2.59. The lowest BCUT2D eigenvalue weighted by Crippen LogP contribution is -2.57. The molecule has 0 radical (unpaired) electrons. The molecule has 2 aliphatic heterocycles. The van der Waals surface area contributed by atoms with E-state index in [4.69, 9.17) is 9.47 Å². The van der Waals surface area contributed by atoms with Gasteiger partial charge in [-0.2, -0.15) is 0 Å². The molecule has 1 amide bonds. The van der Waals surface area contributed by atoms with Crippen molar-refractivity contribution in [1.29, 1.82) is 0 Å². The van der Waals surface area contributed by atoms with Crippen LogP contribution in [0.3, 0.4) is 0 Å². The minimum Gasteiger partial charge on any atom is -0.444 e. The summed E-state index contributed by atoms with van der Waals surface area (Å²) < 4.78 is 11.3. The molecule has 0 aromatic heterocycles. The van der Waals surface area contributed by atoms with Crippen molar-refractivity contribution < 1.29 is 19.4 Å². The molecular weight excluding hydrogens is 320 g/mol. The molecule has 2 saturated heterocycles. The summed E-state index contributed by atoms with van der Waals surface area (Å²) in [6.45, 7) is 1.04. The lowest BCUT2D eigenvalue weighted by atomic mass is 9.88. The Labute approximate surface area is 148 Å². The van der Waals surface area contributed by atoms with Crippen LogP contribution in [0.2, 0.25) is 0 Å². The molecule has 1 spiro atoms. The van der Waals surface area contributed by atoms with Gasteiger partial charge in [-0.3, -0.25) is 4.90 Å². The molecule has 3 atom stereocenters. The zero-order chi connectivity index (χ0) is 17.3. The minimum atomic E-state index is -1.05. The molecular formula is C19H26N2O4. The maximum atomic E-state index is 12.3. The molecule has 1 aromatic rings. The Kier molecular flexibility index (Phi) is 4.56. The number of anilines is 1. The minimum absolute atomic E-state index is 0.0900. The molecule has 2 N–H and O–H groups in total. The van der Waals surface area contributed by atoms with Crippen molar-refractivity contribution in [3.05, 3.63) is 30.3 Å². The highest BCUT2D eigenvalue weighted by atomic mass is 16.6. The number of carbonyl (C=O) groups is 1. The Hall–Kier alpha value is -1.79. The summed E-state index contributed by atoms with van der Waals surface area (Å²) in [6, 6.07) is 9.46. The summed E-state index contributed by atoms with van der Waals surface area (Å²) in [6.07, 6.45) is 4.75. The Balaban J connectivity index is 1.48. The van der Waals surface area contributed by atoms with Gasteiger partial charge in [0, 0.05) is 12.2 Å². The molecule has 3 fully saturated rings. The van der Waals surface area contributed by atoms with Crippen LogP contribution in [-0.4, -0.2) is 53.7 Å². The lowest BCUT2D eigenvalue weighted by molar-refractivity contribution is -0.135. The Bertz CT molecular complexity index is 605. The highest BCUT2D eigenvalue weighted by molar-refractivity contribution is 5.71. The van der Waals surface area contributed by atoms with E-state index < -0.39 is 11.8 Å². The third-order valence-electron chi connectivity index (χ3n) is 5.73. The van der Waals surface area contributed by atoms with Crippen LogP contribution in [0.15, 0.2) is 30.3 Å². The number of carbonyl (C=O) groups excluding carboxylic acids is 1. The van der Waals surface area contributed by atoms with Crippen molar-refractivity contribution in [3.63, 3.8) is 0 Å². The SMILES string of the molecule is O=C1OC[C@]2(OC[C@H](Nc3ccccc3)[C@H]2O)N1CC1CCCCC1. The Morgan fingerprint density at radius 1 is 1.20 bits per heavy atom. The third kappa shape index (κ3) is 3.09. The number of hydrogen-bond acceptors (Lipinski definition) is 5. The molecule has 1 aromatic carbocycles. The Morgan fingerprint density at radius 3 is 2.72 bits per heavy atom. The summed E-state index contributed by atoms with van der Waals surface area (Å²) >= 11 is 0. The van der Waals surface area contributed by atoms with Crippen LogP contribution in [0.5, 0.6) is 0 Å². The van der Waals surface area contributed by atoms with Gasteiger partial charge in [-0.25, -0.2) is 4.79 Å². The van der Waals surface area contributed by atoms with Crippen LogP contribution in [0.25, 0.3) is 0 Å². The highest BCUT2D eigenvalue weighted by Gasteiger charge is 2.60. The molecule has 1 saturated carbocycles. The molecule has 6 nitrogen and oxygen atoms in total. The monoisotopic (exact) mass is 346 g/mol. The second kappa shape index (κ2) is 6.84. The van der Waals surface area contributed by atoms with Crippen molar-refractivity contribution in [1.82, 2.24) is 4.90 Å². The van der Waals surface area contributed by atoms with E-state index in [1.54, 1.807) is 4.90 Å². The average molecular weight is 346 g/mol. The average Bonchev–Trinajstić information content (AvgIpc) is 3.13. The molecule has 1 aliphatic carbocycles. The number of nitrogens with one attached hydrogen (secondary N) is 1. The van der Waals surface area contributed by atoms with Crippen molar-refractivity contribution >= 4 is 11.8 Å². The fraction of sp³-hybridized carbons (Fsp3) is 0.632. The van der Waals surface area contributed by atoms with Gasteiger partial charge in [0.15, 0.2) is 0 Å². The first-order chi connectivity index (χ1) is 12.2. The van der Waals surface area contributed by atoms with Gasteiger partial charge in [-0.05, 0) is 30.9 Å². The summed E-state index contributed by atoms with van der Waals surface area (Å²) in [5.41, 5.74) is -0.127. The van der Waals surface area contributed by atoms with Crippen molar-refractivity contribution in [3.8, 4) is 0 Å².